The lowest BCUT2D eigenvalue weighted by molar-refractivity contribution is 0.178. The topological polar surface area (TPSA) is 15.3 Å². The molecule has 2 rings (SSSR count). The van der Waals surface area contributed by atoms with E-state index in [1.807, 2.05) is 12.1 Å². The fourth-order valence-corrected chi connectivity index (χ4v) is 2.64. The Morgan fingerprint density at radius 2 is 1.67 bits per heavy atom. The molecular weight excluding hydrogens is 227 g/mol. The molecule has 1 N–H and O–H groups in total. The minimum atomic E-state index is -0.155. The average Bonchev–Trinajstić information content (AvgIpc) is 2.30. The molecule has 1 saturated heterocycles. The lowest BCUT2D eigenvalue weighted by Gasteiger charge is -2.31. The van der Waals surface area contributed by atoms with Gasteiger partial charge in [0.15, 0.2) is 0 Å². The standard InChI is InChI=1S/C15H23FN2/c1-12-7-17-8-13(2)10-18(9-12)11-14-3-5-15(16)6-4-14/h3-6,12-13,17H,7-11H2,1-2H3. The van der Waals surface area contributed by atoms with Gasteiger partial charge in [0.2, 0.25) is 0 Å². The molecule has 1 aliphatic heterocycles. The highest BCUT2D eigenvalue weighted by atomic mass is 19.1. The quantitative estimate of drug-likeness (QED) is 0.867. The molecule has 18 heavy (non-hydrogen) atoms. The van der Waals surface area contributed by atoms with Crippen LogP contribution in [-0.2, 0) is 6.54 Å². The molecule has 2 unspecified atom stereocenters. The number of halogens is 1. The van der Waals surface area contributed by atoms with E-state index in [0.29, 0.717) is 11.8 Å². The molecular formula is C15H23FN2. The monoisotopic (exact) mass is 250 g/mol. The normalized spacial score (nSPS) is 26.6. The number of hydrogen-bond acceptors (Lipinski definition) is 2. The van der Waals surface area contributed by atoms with Crippen LogP contribution in [0.4, 0.5) is 4.39 Å². The molecule has 0 aromatic heterocycles. The fourth-order valence-electron chi connectivity index (χ4n) is 2.64. The number of nitrogens with zero attached hydrogens (tertiary/aromatic N) is 1. The Hall–Kier alpha value is -0.930. The van der Waals surface area contributed by atoms with Crippen molar-refractivity contribution >= 4 is 0 Å². The Bertz CT molecular complexity index is 351. The summed E-state index contributed by atoms with van der Waals surface area (Å²) < 4.78 is 12.9. The summed E-state index contributed by atoms with van der Waals surface area (Å²) in [6.45, 7) is 9.87. The number of nitrogens with one attached hydrogen (secondary N) is 1. The fraction of sp³-hybridized carbons (Fsp3) is 0.600. The van der Waals surface area contributed by atoms with Crippen LogP contribution in [0.1, 0.15) is 19.4 Å². The van der Waals surface area contributed by atoms with Crippen molar-refractivity contribution in [2.24, 2.45) is 11.8 Å². The number of hydrogen-bond donors (Lipinski definition) is 1. The van der Waals surface area contributed by atoms with Crippen LogP contribution in [0, 0.1) is 17.7 Å². The van der Waals surface area contributed by atoms with E-state index in [4.69, 9.17) is 0 Å². The lowest BCUT2D eigenvalue weighted by atomic mass is 10.0. The number of benzene rings is 1. The molecule has 0 spiro atoms. The maximum absolute atomic E-state index is 12.9. The van der Waals surface area contributed by atoms with Gasteiger partial charge in [-0.1, -0.05) is 26.0 Å². The molecule has 1 aromatic carbocycles. The maximum atomic E-state index is 12.9. The van der Waals surface area contributed by atoms with Crippen LogP contribution in [0.15, 0.2) is 24.3 Å². The van der Waals surface area contributed by atoms with Crippen molar-refractivity contribution in [3.8, 4) is 0 Å². The van der Waals surface area contributed by atoms with Crippen LogP contribution in [0.5, 0.6) is 0 Å². The molecule has 2 atom stereocenters. The van der Waals surface area contributed by atoms with Gasteiger partial charge in [-0.25, -0.2) is 4.39 Å². The smallest absolute Gasteiger partial charge is 0.123 e. The van der Waals surface area contributed by atoms with Crippen LogP contribution < -0.4 is 5.32 Å². The Morgan fingerprint density at radius 3 is 2.22 bits per heavy atom. The summed E-state index contributed by atoms with van der Waals surface area (Å²) in [5.41, 5.74) is 1.20. The van der Waals surface area contributed by atoms with E-state index in [1.54, 1.807) is 12.1 Å². The summed E-state index contributed by atoms with van der Waals surface area (Å²) in [5.74, 6) is 1.17. The molecule has 1 heterocycles. The molecule has 1 aliphatic rings. The van der Waals surface area contributed by atoms with Crippen molar-refractivity contribution in [2.45, 2.75) is 20.4 Å². The van der Waals surface area contributed by atoms with E-state index in [9.17, 15) is 4.39 Å². The molecule has 0 radical (unpaired) electrons. The molecule has 0 aliphatic carbocycles. The molecule has 3 heteroatoms. The second-order valence-electron chi connectivity index (χ2n) is 5.69. The number of rotatable bonds is 2. The predicted octanol–water partition coefficient (Wildman–Crippen LogP) is 2.50. The van der Waals surface area contributed by atoms with Crippen molar-refractivity contribution in [1.82, 2.24) is 10.2 Å². The summed E-state index contributed by atoms with van der Waals surface area (Å²) in [6, 6.07) is 6.88. The van der Waals surface area contributed by atoms with Gasteiger partial charge in [0.05, 0.1) is 0 Å². The van der Waals surface area contributed by atoms with Crippen LogP contribution >= 0.6 is 0 Å². The van der Waals surface area contributed by atoms with Gasteiger partial charge >= 0.3 is 0 Å². The highest BCUT2D eigenvalue weighted by Gasteiger charge is 2.17. The zero-order valence-electron chi connectivity index (χ0n) is 11.3. The SMILES string of the molecule is CC1CNCC(C)CN(Cc2ccc(F)cc2)C1. The minimum absolute atomic E-state index is 0.155. The Labute approximate surface area is 109 Å². The first-order valence-electron chi connectivity index (χ1n) is 6.81. The van der Waals surface area contributed by atoms with E-state index >= 15 is 0 Å². The van der Waals surface area contributed by atoms with E-state index in [1.165, 1.54) is 5.56 Å². The predicted molar refractivity (Wildman–Crippen MR) is 72.9 cm³/mol. The summed E-state index contributed by atoms with van der Waals surface area (Å²) in [7, 11) is 0. The van der Waals surface area contributed by atoms with Crippen molar-refractivity contribution in [1.29, 1.82) is 0 Å². The first-order chi connectivity index (χ1) is 8.63. The second kappa shape index (κ2) is 6.30. The van der Waals surface area contributed by atoms with E-state index in [2.05, 4.69) is 24.1 Å². The minimum Gasteiger partial charge on any atom is -0.316 e. The first-order valence-corrected chi connectivity index (χ1v) is 6.81. The van der Waals surface area contributed by atoms with Gasteiger partial charge < -0.3 is 5.32 Å². The molecule has 0 saturated carbocycles. The third kappa shape index (κ3) is 4.07. The third-order valence-corrected chi connectivity index (χ3v) is 3.44. The van der Waals surface area contributed by atoms with Gasteiger partial charge in [-0.2, -0.15) is 0 Å². The molecule has 100 valence electrons. The van der Waals surface area contributed by atoms with Crippen molar-refractivity contribution < 1.29 is 4.39 Å². The Kier molecular flexibility index (Phi) is 4.72. The molecule has 0 amide bonds. The van der Waals surface area contributed by atoms with Gasteiger partial charge in [-0.05, 0) is 42.6 Å². The zero-order chi connectivity index (χ0) is 13.0. The maximum Gasteiger partial charge on any atom is 0.123 e. The first kappa shape index (κ1) is 13.5. The van der Waals surface area contributed by atoms with Crippen LogP contribution in [0.2, 0.25) is 0 Å². The van der Waals surface area contributed by atoms with Crippen LogP contribution in [-0.4, -0.2) is 31.1 Å². The van der Waals surface area contributed by atoms with E-state index in [0.717, 1.165) is 32.7 Å². The summed E-state index contributed by atoms with van der Waals surface area (Å²) in [5, 5.41) is 3.50. The summed E-state index contributed by atoms with van der Waals surface area (Å²) in [4.78, 5) is 2.49. The second-order valence-corrected chi connectivity index (χ2v) is 5.69. The van der Waals surface area contributed by atoms with E-state index < -0.39 is 0 Å². The van der Waals surface area contributed by atoms with Gasteiger partial charge in [0, 0.05) is 19.6 Å². The van der Waals surface area contributed by atoms with Gasteiger partial charge in [0.1, 0.15) is 5.82 Å². The van der Waals surface area contributed by atoms with Gasteiger partial charge in [-0.15, -0.1) is 0 Å². The summed E-state index contributed by atoms with van der Waals surface area (Å²) >= 11 is 0. The van der Waals surface area contributed by atoms with Gasteiger partial charge in [-0.3, -0.25) is 4.90 Å². The summed E-state index contributed by atoms with van der Waals surface area (Å²) in [6.07, 6.45) is 0. The average molecular weight is 250 g/mol. The van der Waals surface area contributed by atoms with E-state index in [-0.39, 0.29) is 5.82 Å². The third-order valence-electron chi connectivity index (χ3n) is 3.44. The van der Waals surface area contributed by atoms with Crippen molar-refractivity contribution in [2.75, 3.05) is 26.2 Å². The van der Waals surface area contributed by atoms with Crippen LogP contribution in [0.3, 0.4) is 0 Å². The van der Waals surface area contributed by atoms with Crippen molar-refractivity contribution in [3.05, 3.63) is 35.6 Å². The Balaban J connectivity index is 1.98. The molecule has 1 aromatic rings. The largest absolute Gasteiger partial charge is 0.316 e. The van der Waals surface area contributed by atoms with Crippen molar-refractivity contribution in [3.63, 3.8) is 0 Å². The molecule has 0 bridgehead atoms. The lowest BCUT2D eigenvalue weighted by Crippen LogP contribution is -2.42. The highest BCUT2D eigenvalue weighted by Crippen LogP contribution is 2.12. The molecule has 2 nitrogen and oxygen atoms in total. The van der Waals surface area contributed by atoms with Crippen LogP contribution in [0.25, 0.3) is 0 Å². The Morgan fingerprint density at radius 1 is 1.11 bits per heavy atom. The highest BCUT2D eigenvalue weighted by molar-refractivity contribution is 5.15. The molecule has 1 fully saturated rings. The van der Waals surface area contributed by atoms with Gasteiger partial charge in [0.25, 0.3) is 0 Å². The zero-order valence-corrected chi connectivity index (χ0v) is 11.3.